The van der Waals surface area contributed by atoms with E-state index in [1.54, 1.807) is 0 Å². The molecule has 0 radical (unpaired) electrons. The largest absolute Gasteiger partial charge is 0.464 e. The Morgan fingerprint density at radius 3 is 2.89 bits per heavy atom. The second-order valence-electron chi connectivity index (χ2n) is 4.18. The van der Waals surface area contributed by atoms with E-state index in [2.05, 4.69) is 4.98 Å². The number of hydrogen-bond acceptors (Lipinski definition) is 3. The maximum Gasteiger partial charge on any atom is 0.201 e. The second-order valence-corrected chi connectivity index (χ2v) is 4.58. The van der Waals surface area contributed by atoms with E-state index in [-0.39, 0.29) is 0 Å². The number of benzene rings is 1. The minimum absolute atomic E-state index is 0.437. The van der Waals surface area contributed by atoms with Crippen LogP contribution in [0.5, 0.6) is 0 Å². The Hall–Kier alpha value is -1.94. The van der Waals surface area contributed by atoms with Gasteiger partial charge in [-0.15, -0.1) is 0 Å². The van der Waals surface area contributed by atoms with E-state index < -0.39 is 0 Å². The number of nitrogen functional groups attached to an aromatic ring is 1. The lowest BCUT2D eigenvalue weighted by Crippen LogP contribution is -2.04. The van der Waals surface area contributed by atoms with Crippen LogP contribution in [0.3, 0.4) is 0 Å². The first-order valence-corrected chi connectivity index (χ1v) is 5.98. The molecule has 2 N–H and O–H groups in total. The molecule has 0 aliphatic rings. The van der Waals surface area contributed by atoms with Crippen molar-refractivity contribution in [2.45, 2.75) is 13.5 Å². The molecule has 0 unspecified atom stereocenters. The third-order valence-corrected chi connectivity index (χ3v) is 3.16. The summed E-state index contributed by atoms with van der Waals surface area (Å²) in [6, 6.07) is 9.43. The Morgan fingerprint density at radius 1 is 1.33 bits per heavy atom. The molecule has 0 amide bonds. The molecule has 0 atom stereocenters. The summed E-state index contributed by atoms with van der Waals surface area (Å²) < 4.78 is 7.41. The molecular formula is C13H12ClN3O. The predicted molar refractivity (Wildman–Crippen MR) is 71.7 cm³/mol. The smallest absolute Gasteiger partial charge is 0.201 e. The van der Waals surface area contributed by atoms with Crippen molar-refractivity contribution in [2.24, 2.45) is 0 Å². The highest BCUT2D eigenvalue weighted by atomic mass is 35.5. The number of nitrogens with zero attached hydrogens (tertiary/aromatic N) is 2. The monoisotopic (exact) mass is 261 g/mol. The SMILES string of the molecule is Cc1ccc(Cn2c(N)nc3cccc(Cl)c32)o1. The first kappa shape index (κ1) is 11.2. The summed E-state index contributed by atoms with van der Waals surface area (Å²) in [6.07, 6.45) is 0. The van der Waals surface area contributed by atoms with Gasteiger partial charge in [-0.05, 0) is 31.2 Å². The third-order valence-electron chi connectivity index (χ3n) is 2.86. The Bertz CT molecular complexity index is 714. The molecule has 2 aromatic heterocycles. The Labute approximate surface area is 109 Å². The number of furan rings is 1. The van der Waals surface area contributed by atoms with Gasteiger partial charge in [0.15, 0.2) is 0 Å². The molecule has 0 aliphatic heterocycles. The van der Waals surface area contributed by atoms with Crippen LogP contribution >= 0.6 is 11.6 Å². The zero-order chi connectivity index (χ0) is 12.7. The molecule has 1 aromatic carbocycles. The molecule has 0 saturated carbocycles. The first-order valence-electron chi connectivity index (χ1n) is 5.60. The summed E-state index contributed by atoms with van der Waals surface area (Å²) in [5.41, 5.74) is 7.56. The van der Waals surface area contributed by atoms with Gasteiger partial charge < -0.3 is 14.7 Å². The predicted octanol–water partition coefficient (Wildman–Crippen LogP) is 3.22. The molecule has 0 bridgehead atoms. The van der Waals surface area contributed by atoms with Crippen LogP contribution in [0.2, 0.25) is 5.02 Å². The van der Waals surface area contributed by atoms with E-state index in [9.17, 15) is 0 Å². The van der Waals surface area contributed by atoms with Crippen LogP contribution in [0.1, 0.15) is 11.5 Å². The fourth-order valence-electron chi connectivity index (χ4n) is 2.05. The molecule has 0 saturated heterocycles. The van der Waals surface area contributed by atoms with E-state index in [0.29, 0.717) is 17.5 Å². The summed E-state index contributed by atoms with van der Waals surface area (Å²) in [6.45, 7) is 2.44. The number of aryl methyl sites for hydroxylation is 1. The van der Waals surface area contributed by atoms with Crippen LogP contribution in [-0.2, 0) is 6.54 Å². The number of nitrogens with two attached hydrogens (primary N) is 1. The summed E-state index contributed by atoms with van der Waals surface area (Å²) in [5.74, 6) is 2.14. The van der Waals surface area contributed by atoms with Crippen molar-refractivity contribution >= 4 is 28.6 Å². The zero-order valence-corrected chi connectivity index (χ0v) is 10.6. The molecule has 3 rings (SSSR count). The van der Waals surface area contributed by atoms with Crippen molar-refractivity contribution in [1.29, 1.82) is 0 Å². The highest BCUT2D eigenvalue weighted by molar-refractivity contribution is 6.35. The lowest BCUT2D eigenvalue weighted by atomic mass is 10.3. The highest BCUT2D eigenvalue weighted by Crippen LogP contribution is 2.26. The molecule has 0 spiro atoms. The number of hydrogen-bond donors (Lipinski definition) is 1. The summed E-state index contributed by atoms with van der Waals surface area (Å²) in [4.78, 5) is 4.29. The molecule has 18 heavy (non-hydrogen) atoms. The summed E-state index contributed by atoms with van der Waals surface area (Å²) in [7, 11) is 0. The number of aromatic nitrogens is 2. The fraction of sp³-hybridized carbons (Fsp3) is 0.154. The lowest BCUT2D eigenvalue weighted by Gasteiger charge is -2.05. The Morgan fingerprint density at radius 2 is 2.17 bits per heavy atom. The van der Waals surface area contributed by atoms with Gasteiger partial charge in [0.2, 0.25) is 5.95 Å². The molecule has 2 heterocycles. The standard InChI is InChI=1S/C13H12ClN3O/c1-8-5-6-9(18-8)7-17-12-10(14)3-2-4-11(12)16-13(17)15/h2-6H,7H2,1H3,(H2,15,16). The van der Waals surface area contributed by atoms with Crippen LogP contribution in [0.25, 0.3) is 11.0 Å². The normalized spacial score (nSPS) is 11.2. The molecule has 0 fully saturated rings. The zero-order valence-electron chi connectivity index (χ0n) is 9.85. The number of fused-ring (bicyclic) bond motifs is 1. The van der Waals surface area contributed by atoms with Crippen molar-refractivity contribution in [2.75, 3.05) is 5.73 Å². The van der Waals surface area contributed by atoms with Crippen LogP contribution < -0.4 is 5.73 Å². The molecular weight excluding hydrogens is 250 g/mol. The van der Waals surface area contributed by atoms with Gasteiger partial charge in [0.05, 0.1) is 22.6 Å². The van der Waals surface area contributed by atoms with E-state index in [0.717, 1.165) is 22.6 Å². The maximum atomic E-state index is 6.20. The second kappa shape index (κ2) is 4.07. The van der Waals surface area contributed by atoms with E-state index >= 15 is 0 Å². The van der Waals surface area contributed by atoms with Gasteiger partial charge in [-0.1, -0.05) is 17.7 Å². The average molecular weight is 262 g/mol. The fourth-order valence-corrected chi connectivity index (χ4v) is 2.32. The highest BCUT2D eigenvalue weighted by Gasteiger charge is 2.12. The van der Waals surface area contributed by atoms with Crippen molar-refractivity contribution in [3.8, 4) is 0 Å². The lowest BCUT2D eigenvalue weighted by molar-refractivity contribution is 0.473. The molecule has 92 valence electrons. The quantitative estimate of drug-likeness (QED) is 0.771. The van der Waals surface area contributed by atoms with Crippen molar-refractivity contribution in [3.63, 3.8) is 0 Å². The number of anilines is 1. The van der Waals surface area contributed by atoms with Crippen LogP contribution in [0, 0.1) is 6.92 Å². The van der Waals surface area contributed by atoms with Crippen LogP contribution in [-0.4, -0.2) is 9.55 Å². The van der Waals surface area contributed by atoms with Gasteiger partial charge in [0.1, 0.15) is 11.5 Å². The Kier molecular flexibility index (Phi) is 2.52. The first-order chi connectivity index (χ1) is 8.65. The molecule has 4 nitrogen and oxygen atoms in total. The van der Waals surface area contributed by atoms with Gasteiger partial charge in [-0.25, -0.2) is 4.98 Å². The summed E-state index contributed by atoms with van der Waals surface area (Å²) >= 11 is 6.20. The van der Waals surface area contributed by atoms with Gasteiger partial charge in [0, 0.05) is 0 Å². The topological polar surface area (TPSA) is 57.0 Å². The number of para-hydroxylation sites is 1. The number of halogens is 1. The van der Waals surface area contributed by atoms with Crippen molar-refractivity contribution in [1.82, 2.24) is 9.55 Å². The summed E-state index contributed by atoms with van der Waals surface area (Å²) in [5, 5.41) is 0.639. The molecule has 0 aliphatic carbocycles. The van der Waals surface area contributed by atoms with Gasteiger partial charge >= 0.3 is 0 Å². The number of imidazole rings is 1. The van der Waals surface area contributed by atoms with Gasteiger partial charge in [-0.3, -0.25) is 0 Å². The number of rotatable bonds is 2. The Balaban J connectivity index is 2.13. The van der Waals surface area contributed by atoms with Crippen LogP contribution in [0.15, 0.2) is 34.7 Å². The van der Waals surface area contributed by atoms with Crippen molar-refractivity contribution in [3.05, 3.63) is 46.9 Å². The van der Waals surface area contributed by atoms with Gasteiger partial charge in [0.25, 0.3) is 0 Å². The molecule has 5 heteroatoms. The minimum atomic E-state index is 0.437. The minimum Gasteiger partial charge on any atom is -0.464 e. The van der Waals surface area contributed by atoms with Crippen molar-refractivity contribution < 1.29 is 4.42 Å². The maximum absolute atomic E-state index is 6.20. The molecule has 3 aromatic rings. The van der Waals surface area contributed by atoms with E-state index in [1.165, 1.54) is 0 Å². The van der Waals surface area contributed by atoms with E-state index in [1.807, 2.05) is 41.8 Å². The average Bonchev–Trinajstić information content (AvgIpc) is 2.85. The third kappa shape index (κ3) is 1.75. The van der Waals surface area contributed by atoms with Crippen LogP contribution in [0.4, 0.5) is 5.95 Å². The van der Waals surface area contributed by atoms with Gasteiger partial charge in [-0.2, -0.15) is 0 Å². The van der Waals surface area contributed by atoms with E-state index in [4.69, 9.17) is 21.8 Å².